The minimum atomic E-state index is -0.0959. The van der Waals surface area contributed by atoms with E-state index < -0.39 is 0 Å². The summed E-state index contributed by atoms with van der Waals surface area (Å²) in [5.41, 5.74) is 2.05. The van der Waals surface area contributed by atoms with E-state index in [0.29, 0.717) is 6.04 Å². The van der Waals surface area contributed by atoms with Gasteiger partial charge < -0.3 is 15.0 Å². The van der Waals surface area contributed by atoms with Crippen LogP contribution in [0.3, 0.4) is 0 Å². The average molecular weight is 383 g/mol. The van der Waals surface area contributed by atoms with E-state index in [1.165, 1.54) is 0 Å². The number of aromatic nitrogens is 2. The summed E-state index contributed by atoms with van der Waals surface area (Å²) < 4.78 is 7.30. The molecular weight excluding hydrogens is 354 g/mol. The largest absolute Gasteiger partial charge is 0.381 e. The van der Waals surface area contributed by atoms with E-state index in [2.05, 4.69) is 15.3 Å². The summed E-state index contributed by atoms with van der Waals surface area (Å²) in [7, 11) is 0. The van der Waals surface area contributed by atoms with Crippen molar-refractivity contribution in [2.45, 2.75) is 31.8 Å². The monoisotopic (exact) mass is 383 g/mol. The number of nitrogens with one attached hydrogen (secondary N) is 1. The average Bonchev–Trinajstić information content (AvgIpc) is 3.29. The molecule has 0 bridgehead atoms. The summed E-state index contributed by atoms with van der Waals surface area (Å²) in [6, 6.07) is 10.5. The number of urea groups is 1. The molecule has 1 aromatic heterocycles. The zero-order valence-corrected chi connectivity index (χ0v) is 16.5. The molecule has 0 aliphatic carbocycles. The van der Waals surface area contributed by atoms with E-state index in [9.17, 15) is 4.79 Å². The fourth-order valence-electron chi connectivity index (χ4n) is 4.17. The number of carbonyl (C=O) groups is 1. The van der Waals surface area contributed by atoms with E-state index in [0.717, 1.165) is 63.5 Å². The highest BCUT2D eigenvalue weighted by molar-refractivity contribution is 5.75. The molecular formula is C21H29N5O2. The fourth-order valence-corrected chi connectivity index (χ4v) is 4.17. The number of hydrogen-bond donors (Lipinski definition) is 1. The Kier molecular flexibility index (Phi) is 5.92. The molecule has 7 heteroatoms. The van der Waals surface area contributed by atoms with Crippen molar-refractivity contribution in [3.05, 3.63) is 48.3 Å². The van der Waals surface area contributed by atoms with Gasteiger partial charge in [-0.1, -0.05) is 18.2 Å². The van der Waals surface area contributed by atoms with Crippen molar-refractivity contribution in [2.75, 3.05) is 39.4 Å². The molecule has 2 amide bonds. The highest BCUT2D eigenvalue weighted by atomic mass is 16.5. The lowest BCUT2D eigenvalue weighted by Gasteiger charge is -2.40. The predicted molar refractivity (Wildman–Crippen MR) is 107 cm³/mol. The standard InChI is InChI=1S/C21H29N5O2/c1-17(19-5-2-3-6-20(19)26-10-4-9-22-26)23-21(27)25-13-11-24(12-14-25)18-7-15-28-16-8-18/h2-6,9-10,17-18H,7-8,11-16H2,1H3,(H,23,27). The number of rotatable bonds is 4. The Morgan fingerprint density at radius 3 is 2.61 bits per heavy atom. The summed E-state index contributed by atoms with van der Waals surface area (Å²) in [4.78, 5) is 17.3. The number of para-hydroxylation sites is 1. The first-order valence-electron chi connectivity index (χ1n) is 10.2. The van der Waals surface area contributed by atoms with Crippen molar-refractivity contribution in [1.29, 1.82) is 0 Å². The maximum Gasteiger partial charge on any atom is 0.317 e. The van der Waals surface area contributed by atoms with Crippen LogP contribution in [0, 0.1) is 0 Å². The Morgan fingerprint density at radius 2 is 1.89 bits per heavy atom. The van der Waals surface area contributed by atoms with Gasteiger partial charge in [0.1, 0.15) is 0 Å². The molecule has 2 aromatic rings. The Labute approximate surface area is 166 Å². The van der Waals surface area contributed by atoms with Crippen LogP contribution >= 0.6 is 0 Å². The number of piperazine rings is 1. The molecule has 150 valence electrons. The Hall–Kier alpha value is -2.38. The zero-order chi connectivity index (χ0) is 19.3. The molecule has 0 spiro atoms. The van der Waals surface area contributed by atoms with Crippen LogP contribution in [-0.2, 0) is 4.74 Å². The van der Waals surface area contributed by atoms with Crippen molar-refractivity contribution in [3.8, 4) is 5.69 Å². The summed E-state index contributed by atoms with van der Waals surface area (Å²) >= 11 is 0. The van der Waals surface area contributed by atoms with Gasteiger partial charge in [-0.3, -0.25) is 4.90 Å². The molecule has 2 aliphatic heterocycles. The lowest BCUT2D eigenvalue weighted by atomic mass is 10.1. The van der Waals surface area contributed by atoms with Gasteiger partial charge in [-0.2, -0.15) is 5.10 Å². The molecule has 1 N–H and O–H groups in total. The van der Waals surface area contributed by atoms with Gasteiger partial charge in [0.2, 0.25) is 0 Å². The molecule has 2 fully saturated rings. The highest BCUT2D eigenvalue weighted by Crippen LogP contribution is 2.22. The molecule has 2 aliphatic rings. The number of amides is 2. The van der Waals surface area contributed by atoms with Crippen LogP contribution < -0.4 is 5.32 Å². The van der Waals surface area contributed by atoms with E-state index in [1.54, 1.807) is 6.20 Å². The van der Waals surface area contributed by atoms with Gasteiger partial charge in [0.25, 0.3) is 0 Å². The Bertz CT molecular complexity index is 765. The summed E-state index contributed by atoms with van der Waals surface area (Å²) in [6.45, 7) is 7.18. The number of ether oxygens (including phenoxy) is 1. The van der Waals surface area contributed by atoms with E-state index >= 15 is 0 Å². The molecule has 3 heterocycles. The van der Waals surface area contributed by atoms with Crippen molar-refractivity contribution in [2.24, 2.45) is 0 Å². The molecule has 1 atom stereocenters. The third kappa shape index (κ3) is 4.20. The first-order chi connectivity index (χ1) is 13.7. The summed E-state index contributed by atoms with van der Waals surface area (Å²) in [5.74, 6) is 0. The van der Waals surface area contributed by atoms with Gasteiger partial charge in [0.05, 0.1) is 11.7 Å². The number of hydrogen-bond acceptors (Lipinski definition) is 4. The van der Waals surface area contributed by atoms with Crippen LogP contribution in [0.25, 0.3) is 5.69 Å². The van der Waals surface area contributed by atoms with Crippen LogP contribution in [0.2, 0.25) is 0 Å². The Balaban J connectivity index is 1.34. The number of benzene rings is 1. The van der Waals surface area contributed by atoms with Crippen LogP contribution in [0.4, 0.5) is 4.79 Å². The van der Waals surface area contributed by atoms with Crippen molar-refractivity contribution in [3.63, 3.8) is 0 Å². The van der Waals surface area contributed by atoms with Crippen molar-refractivity contribution in [1.82, 2.24) is 24.9 Å². The van der Waals surface area contributed by atoms with Gasteiger partial charge in [0, 0.05) is 57.8 Å². The zero-order valence-electron chi connectivity index (χ0n) is 16.5. The first kappa shape index (κ1) is 19.0. The van der Waals surface area contributed by atoms with Gasteiger partial charge in [-0.25, -0.2) is 9.48 Å². The minimum Gasteiger partial charge on any atom is -0.381 e. The van der Waals surface area contributed by atoms with Crippen molar-refractivity contribution >= 4 is 6.03 Å². The first-order valence-corrected chi connectivity index (χ1v) is 10.2. The maximum absolute atomic E-state index is 12.8. The van der Waals surface area contributed by atoms with Crippen LogP contribution in [0.15, 0.2) is 42.7 Å². The molecule has 0 saturated carbocycles. The second kappa shape index (κ2) is 8.75. The molecule has 1 unspecified atom stereocenters. The van der Waals surface area contributed by atoms with Crippen LogP contribution in [0.1, 0.15) is 31.4 Å². The van der Waals surface area contributed by atoms with Crippen LogP contribution in [-0.4, -0.2) is 71.0 Å². The number of nitrogens with zero attached hydrogens (tertiary/aromatic N) is 4. The van der Waals surface area contributed by atoms with Gasteiger partial charge in [-0.05, 0) is 37.5 Å². The van der Waals surface area contributed by atoms with E-state index in [-0.39, 0.29) is 12.1 Å². The molecule has 28 heavy (non-hydrogen) atoms. The van der Waals surface area contributed by atoms with Crippen molar-refractivity contribution < 1.29 is 9.53 Å². The third-order valence-corrected chi connectivity index (χ3v) is 5.80. The smallest absolute Gasteiger partial charge is 0.317 e. The number of carbonyl (C=O) groups excluding carboxylic acids is 1. The normalized spacial score (nSPS) is 20.1. The third-order valence-electron chi connectivity index (χ3n) is 5.80. The fraction of sp³-hybridized carbons (Fsp3) is 0.524. The minimum absolute atomic E-state index is 0.00870. The maximum atomic E-state index is 12.8. The second-order valence-electron chi connectivity index (χ2n) is 7.55. The molecule has 4 rings (SSSR count). The van der Waals surface area contributed by atoms with Crippen LogP contribution in [0.5, 0.6) is 0 Å². The van der Waals surface area contributed by atoms with Gasteiger partial charge >= 0.3 is 6.03 Å². The molecule has 1 aromatic carbocycles. The van der Waals surface area contributed by atoms with E-state index in [1.807, 2.05) is 53.0 Å². The summed E-state index contributed by atoms with van der Waals surface area (Å²) in [5, 5.41) is 7.50. The second-order valence-corrected chi connectivity index (χ2v) is 7.55. The molecule has 2 saturated heterocycles. The predicted octanol–water partition coefficient (Wildman–Crippen LogP) is 2.44. The molecule has 7 nitrogen and oxygen atoms in total. The molecule has 0 radical (unpaired) electrons. The highest BCUT2D eigenvalue weighted by Gasteiger charge is 2.28. The quantitative estimate of drug-likeness (QED) is 0.881. The SMILES string of the molecule is CC(NC(=O)N1CCN(C2CCOCC2)CC1)c1ccccc1-n1cccn1. The lowest BCUT2D eigenvalue weighted by molar-refractivity contribution is 0.0186. The van der Waals surface area contributed by atoms with Gasteiger partial charge in [0.15, 0.2) is 0 Å². The summed E-state index contributed by atoms with van der Waals surface area (Å²) in [6.07, 6.45) is 5.89. The lowest BCUT2D eigenvalue weighted by Crippen LogP contribution is -2.55. The topological polar surface area (TPSA) is 62.6 Å². The van der Waals surface area contributed by atoms with Gasteiger partial charge in [-0.15, -0.1) is 0 Å². The Morgan fingerprint density at radius 1 is 1.14 bits per heavy atom. The van der Waals surface area contributed by atoms with E-state index in [4.69, 9.17) is 4.74 Å².